The molecule has 7 nitrogen and oxygen atoms in total. The van der Waals surface area contributed by atoms with Crippen molar-refractivity contribution < 1.29 is 13.7 Å². The Morgan fingerprint density at radius 3 is 2.63 bits per heavy atom. The minimum atomic E-state index is -0.346. The van der Waals surface area contributed by atoms with Crippen LogP contribution in [0.3, 0.4) is 0 Å². The van der Waals surface area contributed by atoms with E-state index >= 15 is 0 Å². The zero-order chi connectivity index (χ0) is 20.9. The molecule has 0 radical (unpaired) electrons. The SMILES string of the molecule is CSc1ccc(NC(=O)N2CCN(Cc3noc(-c4cccc(F)c4)n3)CC2)cc1. The van der Waals surface area contributed by atoms with Gasteiger partial charge in [-0.1, -0.05) is 11.2 Å². The lowest BCUT2D eigenvalue weighted by atomic mass is 10.2. The largest absolute Gasteiger partial charge is 0.334 e. The van der Waals surface area contributed by atoms with Gasteiger partial charge in [-0.25, -0.2) is 9.18 Å². The number of piperazine rings is 1. The summed E-state index contributed by atoms with van der Waals surface area (Å²) in [5.74, 6) is 0.498. The fourth-order valence-electron chi connectivity index (χ4n) is 3.24. The standard InChI is InChI=1S/C21H22FN5O2S/c1-30-18-7-5-17(6-8-18)23-21(28)27-11-9-26(10-12-27)14-19-24-20(29-25-19)15-3-2-4-16(22)13-15/h2-8,13H,9-12,14H2,1H3,(H,23,28). The zero-order valence-electron chi connectivity index (χ0n) is 16.5. The summed E-state index contributed by atoms with van der Waals surface area (Å²) in [6.07, 6.45) is 2.02. The fourth-order valence-corrected chi connectivity index (χ4v) is 3.65. The lowest BCUT2D eigenvalue weighted by Gasteiger charge is -2.34. The highest BCUT2D eigenvalue weighted by atomic mass is 32.2. The van der Waals surface area contributed by atoms with Crippen molar-refractivity contribution in [3.05, 3.63) is 60.2 Å². The van der Waals surface area contributed by atoms with Gasteiger partial charge >= 0.3 is 6.03 Å². The Hall–Kier alpha value is -2.91. The number of carbonyl (C=O) groups is 1. The normalized spacial score (nSPS) is 14.7. The minimum absolute atomic E-state index is 0.0977. The van der Waals surface area contributed by atoms with Crippen LogP contribution in [-0.4, -0.2) is 58.4 Å². The maximum atomic E-state index is 13.4. The van der Waals surface area contributed by atoms with E-state index in [1.165, 1.54) is 12.1 Å². The highest BCUT2D eigenvalue weighted by Gasteiger charge is 2.22. The highest BCUT2D eigenvalue weighted by molar-refractivity contribution is 7.98. The summed E-state index contributed by atoms with van der Waals surface area (Å²) in [5, 5.41) is 6.94. The molecule has 0 spiro atoms. The molecule has 0 bridgehead atoms. The molecule has 9 heteroatoms. The number of hydrogen-bond acceptors (Lipinski definition) is 6. The quantitative estimate of drug-likeness (QED) is 0.622. The number of anilines is 1. The van der Waals surface area contributed by atoms with E-state index in [-0.39, 0.29) is 11.8 Å². The monoisotopic (exact) mass is 427 g/mol. The van der Waals surface area contributed by atoms with E-state index in [0.717, 1.165) is 10.6 Å². The molecule has 0 saturated carbocycles. The zero-order valence-corrected chi connectivity index (χ0v) is 17.4. The highest BCUT2D eigenvalue weighted by Crippen LogP contribution is 2.20. The Kier molecular flexibility index (Phi) is 6.29. The van der Waals surface area contributed by atoms with Crippen LogP contribution in [0.4, 0.5) is 14.9 Å². The van der Waals surface area contributed by atoms with E-state index in [9.17, 15) is 9.18 Å². The molecule has 2 amide bonds. The number of urea groups is 1. The summed E-state index contributed by atoms with van der Waals surface area (Å²) in [4.78, 5) is 22.0. The second kappa shape index (κ2) is 9.27. The van der Waals surface area contributed by atoms with Gasteiger partial charge in [-0.15, -0.1) is 11.8 Å². The summed E-state index contributed by atoms with van der Waals surface area (Å²) in [5.41, 5.74) is 1.35. The van der Waals surface area contributed by atoms with Gasteiger partial charge in [0.15, 0.2) is 5.82 Å². The van der Waals surface area contributed by atoms with Crippen LogP contribution < -0.4 is 5.32 Å². The number of halogens is 1. The second-order valence-electron chi connectivity index (χ2n) is 6.95. The molecule has 3 aromatic rings. The number of rotatable bonds is 5. The molecule has 30 heavy (non-hydrogen) atoms. The fraction of sp³-hybridized carbons (Fsp3) is 0.286. The third kappa shape index (κ3) is 4.98. The van der Waals surface area contributed by atoms with Crippen molar-refractivity contribution in [2.24, 2.45) is 0 Å². The lowest BCUT2D eigenvalue weighted by Crippen LogP contribution is -2.49. The Bertz CT molecular complexity index is 1000. The Morgan fingerprint density at radius 2 is 1.93 bits per heavy atom. The molecule has 1 aliphatic heterocycles. The first kappa shape index (κ1) is 20.4. The van der Waals surface area contributed by atoms with Gasteiger partial charge < -0.3 is 14.7 Å². The summed E-state index contributed by atoms with van der Waals surface area (Å²) >= 11 is 1.66. The number of carbonyl (C=O) groups excluding carboxylic acids is 1. The Morgan fingerprint density at radius 1 is 1.17 bits per heavy atom. The van der Waals surface area contributed by atoms with Gasteiger partial charge in [-0.3, -0.25) is 4.90 Å². The lowest BCUT2D eigenvalue weighted by molar-refractivity contribution is 0.140. The van der Waals surface area contributed by atoms with E-state index in [2.05, 4.69) is 20.4 Å². The minimum Gasteiger partial charge on any atom is -0.334 e. The first-order chi connectivity index (χ1) is 14.6. The van der Waals surface area contributed by atoms with Gasteiger partial charge in [0.25, 0.3) is 5.89 Å². The van der Waals surface area contributed by atoms with Crippen molar-refractivity contribution in [2.45, 2.75) is 11.4 Å². The number of amides is 2. The average Bonchev–Trinajstić information content (AvgIpc) is 3.23. The van der Waals surface area contributed by atoms with Crippen LogP contribution in [0.2, 0.25) is 0 Å². The van der Waals surface area contributed by atoms with E-state index in [0.29, 0.717) is 50.0 Å². The smallest absolute Gasteiger partial charge is 0.321 e. The molecule has 0 unspecified atom stereocenters. The topological polar surface area (TPSA) is 74.5 Å². The number of hydrogen-bond donors (Lipinski definition) is 1. The van der Waals surface area contributed by atoms with Crippen LogP contribution in [0.1, 0.15) is 5.82 Å². The van der Waals surface area contributed by atoms with Gasteiger partial charge in [-0.2, -0.15) is 4.98 Å². The van der Waals surface area contributed by atoms with Gasteiger partial charge in [0.05, 0.1) is 6.54 Å². The summed E-state index contributed by atoms with van der Waals surface area (Å²) in [6, 6.07) is 13.8. The molecule has 1 aromatic heterocycles. The van der Waals surface area contributed by atoms with E-state index in [4.69, 9.17) is 4.52 Å². The van der Waals surface area contributed by atoms with Gasteiger partial charge in [0.2, 0.25) is 0 Å². The van der Waals surface area contributed by atoms with E-state index in [1.54, 1.807) is 28.8 Å². The predicted octanol–water partition coefficient (Wildman–Crippen LogP) is 3.95. The first-order valence-corrected chi connectivity index (χ1v) is 10.8. The molecule has 2 heterocycles. The van der Waals surface area contributed by atoms with Gasteiger partial charge in [-0.05, 0) is 48.7 Å². The molecule has 1 saturated heterocycles. The van der Waals surface area contributed by atoms with Crippen molar-refractivity contribution >= 4 is 23.5 Å². The number of thioether (sulfide) groups is 1. The molecule has 1 N–H and O–H groups in total. The first-order valence-electron chi connectivity index (χ1n) is 9.61. The molecule has 0 aliphatic carbocycles. The molecule has 2 aromatic carbocycles. The van der Waals surface area contributed by atoms with Crippen molar-refractivity contribution in [2.75, 3.05) is 37.8 Å². The van der Waals surface area contributed by atoms with Crippen LogP contribution in [0.15, 0.2) is 57.9 Å². The van der Waals surface area contributed by atoms with Crippen molar-refractivity contribution in [1.82, 2.24) is 19.9 Å². The van der Waals surface area contributed by atoms with Crippen molar-refractivity contribution in [3.8, 4) is 11.5 Å². The number of benzene rings is 2. The summed E-state index contributed by atoms with van der Waals surface area (Å²) in [6.45, 7) is 3.17. The predicted molar refractivity (Wildman–Crippen MR) is 114 cm³/mol. The van der Waals surface area contributed by atoms with Crippen molar-refractivity contribution in [3.63, 3.8) is 0 Å². The van der Waals surface area contributed by atoms with Crippen LogP contribution in [0.5, 0.6) is 0 Å². The van der Waals surface area contributed by atoms with E-state index < -0.39 is 0 Å². The third-order valence-electron chi connectivity index (χ3n) is 4.91. The van der Waals surface area contributed by atoms with Gasteiger partial charge in [0, 0.05) is 42.3 Å². The molecule has 4 rings (SSSR count). The maximum Gasteiger partial charge on any atom is 0.321 e. The van der Waals surface area contributed by atoms with Crippen LogP contribution in [0.25, 0.3) is 11.5 Å². The number of aromatic nitrogens is 2. The van der Waals surface area contributed by atoms with Gasteiger partial charge in [0.1, 0.15) is 5.82 Å². The average molecular weight is 428 g/mol. The van der Waals surface area contributed by atoms with Crippen LogP contribution in [0, 0.1) is 5.82 Å². The van der Waals surface area contributed by atoms with Crippen molar-refractivity contribution in [1.29, 1.82) is 0 Å². The van der Waals surface area contributed by atoms with Crippen LogP contribution >= 0.6 is 11.8 Å². The molecular formula is C21H22FN5O2S. The number of nitrogens with zero attached hydrogens (tertiary/aromatic N) is 4. The van der Waals surface area contributed by atoms with E-state index in [1.807, 2.05) is 30.5 Å². The Balaban J connectivity index is 1.28. The Labute approximate surface area is 178 Å². The number of nitrogens with one attached hydrogen (secondary N) is 1. The molecule has 1 fully saturated rings. The molecule has 1 aliphatic rings. The summed E-state index contributed by atoms with van der Waals surface area (Å²) in [7, 11) is 0. The third-order valence-corrected chi connectivity index (χ3v) is 5.65. The molecular weight excluding hydrogens is 405 g/mol. The maximum absolute atomic E-state index is 13.4. The van der Waals surface area contributed by atoms with Crippen LogP contribution in [-0.2, 0) is 6.54 Å². The molecule has 156 valence electrons. The molecule has 0 atom stereocenters. The summed E-state index contributed by atoms with van der Waals surface area (Å²) < 4.78 is 18.6. The second-order valence-corrected chi connectivity index (χ2v) is 7.83.